The minimum atomic E-state index is -0.301. The largest absolute Gasteiger partial charge is 0.273 e. The summed E-state index contributed by atoms with van der Waals surface area (Å²) in [6.07, 6.45) is 0. The molecule has 0 bridgehead atoms. The van der Waals surface area contributed by atoms with Gasteiger partial charge in [0, 0.05) is 23.1 Å². The van der Waals surface area contributed by atoms with Crippen molar-refractivity contribution in [3.05, 3.63) is 39.4 Å². The van der Waals surface area contributed by atoms with Crippen molar-refractivity contribution in [1.82, 2.24) is 0 Å². The van der Waals surface area contributed by atoms with E-state index in [0.29, 0.717) is 0 Å². The van der Waals surface area contributed by atoms with Crippen molar-refractivity contribution in [3.63, 3.8) is 0 Å². The van der Waals surface area contributed by atoms with Gasteiger partial charge < -0.3 is 0 Å². The summed E-state index contributed by atoms with van der Waals surface area (Å²) in [5, 5.41) is 10.6. The maximum Gasteiger partial charge on any atom is 0.273 e. The van der Waals surface area contributed by atoms with Crippen LogP contribution >= 0.6 is 11.8 Å². The molecule has 0 fully saturated rings. The molecule has 1 aromatic carbocycles. The van der Waals surface area contributed by atoms with Crippen LogP contribution in [0.2, 0.25) is 0 Å². The normalized spacial score (nSPS) is 14.3. The van der Waals surface area contributed by atoms with Gasteiger partial charge in [-0.1, -0.05) is 12.1 Å². The van der Waals surface area contributed by atoms with Crippen LogP contribution in [0.4, 0.5) is 5.69 Å². The molecule has 0 atom stereocenters. The highest BCUT2D eigenvalue weighted by Crippen LogP contribution is 2.35. The van der Waals surface area contributed by atoms with Crippen molar-refractivity contribution >= 4 is 17.4 Å². The van der Waals surface area contributed by atoms with Crippen molar-refractivity contribution in [3.8, 4) is 0 Å². The second-order valence-corrected chi connectivity index (χ2v) is 3.65. The summed E-state index contributed by atoms with van der Waals surface area (Å²) < 4.78 is 0. The Kier molecular flexibility index (Phi) is 1.77. The first kappa shape index (κ1) is 7.61. The van der Waals surface area contributed by atoms with Crippen LogP contribution in [0.15, 0.2) is 18.2 Å². The number of hydrogen-bond donors (Lipinski definition) is 0. The molecule has 4 heteroatoms. The Balaban J connectivity index is 2.56. The van der Waals surface area contributed by atoms with Crippen molar-refractivity contribution < 1.29 is 4.92 Å². The Morgan fingerprint density at radius 3 is 3.00 bits per heavy atom. The number of nitro benzene ring substituents is 1. The molecule has 0 unspecified atom stereocenters. The number of thioether (sulfide) groups is 1. The summed E-state index contributed by atoms with van der Waals surface area (Å²) in [5.74, 6) is 1.70. The zero-order chi connectivity index (χ0) is 8.55. The summed E-state index contributed by atoms with van der Waals surface area (Å²) in [7, 11) is 0. The zero-order valence-corrected chi connectivity index (χ0v) is 7.13. The van der Waals surface area contributed by atoms with Gasteiger partial charge in [-0.05, 0) is 5.56 Å². The number of hydrogen-bond acceptors (Lipinski definition) is 3. The van der Waals surface area contributed by atoms with E-state index in [-0.39, 0.29) is 10.6 Å². The molecule has 1 heterocycles. The van der Waals surface area contributed by atoms with Crippen LogP contribution in [-0.2, 0) is 11.5 Å². The maximum atomic E-state index is 10.6. The molecule has 0 spiro atoms. The Bertz CT molecular complexity index is 338. The molecule has 62 valence electrons. The predicted octanol–water partition coefficient (Wildman–Crippen LogP) is 2.34. The van der Waals surface area contributed by atoms with E-state index in [9.17, 15) is 10.1 Å². The fraction of sp³-hybridized carbons (Fsp3) is 0.250. The molecule has 12 heavy (non-hydrogen) atoms. The third-order valence-electron chi connectivity index (χ3n) is 1.95. The molecule has 0 saturated heterocycles. The maximum absolute atomic E-state index is 10.6. The predicted molar refractivity (Wildman–Crippen MR) is 48.1 cm³/mol. The van der Waals surface area contributed by atoms with Crippen LogP contribution in [-0.4, -0.2) is 4.92 Å². The van der Waals surface area contributed by atoms with E-state index in [1.807, 2.05) is 6.07 Å². The van der Waals surface area contributed by atoms with Gasteiger partial charge in [0.2, 0.25) is 0 Å². The van der Waals surface area contributed by atoms with Crippen LogP contribution in [0.25, 0.3) is 0 Å². The van der Waals surface area contributed by atoms with Gasteiger partial charge >= 0.3 is 0 Å². The van der Waals surface area contributed by atoms with Crippen molar-refractivity contribution in [2.24, 2.45) is 0 Å². The molecule has 0 radical (unpaired) electrons. The number of fused-ring (bicyclic) bond motifs is 1. The molecule has 1 aromatic rings. The Morgan fingerprint density at radius 2 is 2.25 bits per heavy atom. The standard InChI is InChI=1S/C8H7NO2S/c10-9(11)8-3-1-2-6-4-12-5-7(6)8/h1-3H,4-5H2. The average molecular weight is 181 g/mol. The fourth-order valence-corrected chi connectivity index (χ4v) is 2.49. The average Bonchev–Trinajstić information content (AvgIpc) is 2.49. The van der Waals surface area contributed by atoms with Gasteiger partial charge in [0.25, 0.3) is 5.69 Å². The van der Waals surface area contributed by atoms with Gasteiger partial charge in [0.1, 0.15) is 0 Å². The van der Waals surface area contributed by atoms with Gasteiger partial charge in [0.05, 0.1) is 4.92 Å². The summed E-state index contributed by atoms with van der Waals surface area (Å²) in [5.41, 5.74) is 2.30. The molecule has 1 aliphatic rings. The van der Waals surface area contributed by atoms with Gasteiger partial charge in [-0.25, -0.2) is 0 Å². The van der Waals surface area contributed by atoms with Gasteiger partial charge in [0.15, 0.2) is 0 Å². The molecular weight excluding hydrogens is 174 g/mol. The third kappa shape index (κ3) is 1.08. The van der Waals surface area contributed by atoms with Crippen molar-refractivity contribution in [2.75, 3.05) is 0 Å². The fourth-order valence-electron chi connectivity index (χ4n) is 1.36. The van der Waals surface area contributed by atoms with Crippen LogP contribution in [0.1, 0.15) is 11.1 Å². The zero-order valence-electron chi connectivity index (χ0n) is 6.32. The molecule has 0 aliphatic carbocycles. The molecular formula is C8H7NO2S. The Hall–Kier alpha value is -1.03. The second kappa shape index (κ2) is 2.79. The van der Waals surface area contributed by atoms with E-state index in [4.69, 9.17) is 0 Å². The minimum absolute atomic E-state index is 0.275. The summed E-state index contributed by atoms with van der Waals surface area (Å²) in [6, 6.07) is 5.29. The van der Waals surface area contributed by atoms with E-state index in [2.05, 4.69) is 0 Å². The van der Waals surface area contributed by atoms with Gasteiger partial charge in [-0.3, -0.25) is 10.1 Å². The van der Waals surface area contributed by atoms with Gasteiger partial charge in [-0.15, -0.1) is 0 Å². The first-order valence-corrected chi connectivity index (χ1v) is 4.77. The topological polar surface area (TPSA) is 43.1 Å². The van der Waals surface area contributed by atoms with Crippen molar-refractivity contribution in [1.29, 1.82) is 0 Å². The number of nitrogens with zero attached hydrogens (tertiary/aromatic N) is 1. The summed E-state index contributed by atoms with van der Waals surface area (Å²) in [6.45, 7) is 0. The lowest BCUT2D eigenvalue weighted by Gasteiger charge is -1.97. The lowest BCUT2D eigenvalue weighted by molar-refractivity contribution is -0.385. The molecule has 0 N–H and O–H groups in total. The molecule has 0 amide bonds. The van der Waals surface area contributed by atoms with Crippen LogP contribution in [0.3, 0.4) is 0 Å². The van der Waals surface area contributed by atoms with E-state index in [1.54, 1.807) is 23.9 Å². The molecule has 3 nitrogen and oxygen atoms in total. The van der Waals surface area contributed by atoms with E-state index in [0.717, 1.165) is 22.6 Å². The SMILES string of the molecule is O=[N+]([O-])c1cccc2c1CSC2. The first-order chi connectivity index (χ1) is 5.79. The second-order valence-electron chi connectivity index (χ2n) is 2.66. The third-order valence-corrected chi connectivity index (χ3v) is 2.96. The van der Waals surface area contributed by atoms with Crippen molar-refractivity contribution in [2.45, 2.75) is 11.5 Å². The molecule has 2 rings (SSSR count). The highest BCUT2D eigenvalue weighted by atomic mass is 32.2. The summed E-state index contributed by atoms with van der Waals surface area (Å²) >= 11 is 1.73. The van der Waals surface area contributed by atoms with E-state index >= 15 is 0 Å². The van der Waals surface area contributed by atoms with Gasteiger partial charge in [-0.2, -0.15) is 11.8 Å². The lowest BCUT2D eigenvalue weighted by atomic mass is 10.1. The highest BCUT2D eigenvalue weighted by molar-refractivity contribution is 7.98. The van der Waals surface area contributed by atoms with Crippen LogP contribution in [0, 0.1) is 10.1 Å². The minimum Gasteiger partial charge on any atom is -0.258 e. The first-order valence-electron chi connectivity index (χ1n) is 3.62. The summed E-state index contributed by atoms with van der Waals surface area (Å²) in [4.78, 5) is 10.3. The molecule has 0 aromatic heterocycles. The monoisotopic (exact) mass is 181 g/mol. The molecule has 1 aliphatic heterocycles. The smallest absolute Gasteiger partial charge is 0.258 e. The number of rotatable bonds is 1. The Morgan fingerprint density at radius 1 is 1.42 bits per heavy atom. The lowest BCUT2D eigenvalue weighted by Crippen LogP contribution is -1.93. The number of nitro groups is 1. The van der Waals surface area contributed by atoms with Crippen LogP contribution in [0.5, 0.6) is 0 Å². The highest BCUT2D eigenvalue weighted by Gasteiger charge is 2.20. The quantitative estimate of drug-likeness (QED) is 0.493. The van der Waals surface area contributed by atoms with E-state index in [1.165, 1.54) is 0 Å². The van der Waals surface area contributed by atoms with Crippen LogP contribution < -0.4 is 0 Å². The Labute approximate surface area is 73.9 Å². The number of benzene rings is 1. The molecule has 0 saturated carbocycles. The van der Waals surface area contributed by atoms with E-state index < -0.39 is 0 Å².